The van der Waals surface area contributed by atoms with Gasteiger partial charge in [0.15, 0.2) is 6.61 Å². The molecule has 0 fully saturated rings. The number of hydrogen-bond acceptors (Lipinski definition) is 7. The molecule has 1 aromatic heterocycles. The number of aromatic nitrogens is 1. The summed E-state index contributed by atoms with van der Waals surface area (Å²) in [6, 6.07) is 7.82. The number of nitrogens with one attached hydrogen (secondary N) is 1. The summed E-state index contributed by atoms with van der Waals surface area (Å²) >= 11 is 1.54. The second-order valence-corrected chi connectivity index (χ2v) is 7.46. The zero-order valence-electron chi connectivity index (χ0n) is 15.6. The maximum atomic E-state index is 11.1. The quantitative estimate of drug-likeness (QED) is 0.653. The molecule has 2 atom stereocenters. The van der Waals surface area contributed by atoms with E-state index in [1.807, 2.05) is 38.1 Å². The molecule has 0 spiro atoms. The Morgan fingerprint density at radius 3 is 2.58 bits per heavy atom. The lowest BCUT2D eigenvalue weighted by Crippen LogP contribution is -2.32. The minimum atomic E-state index is -0.544. The number of hydrogen-bond donors (Lipinski definition) is 2. The highest BCUT2D eigenvalue weighted by Crippen LogP contribution is 2.24. The zero-order chi connectivity index (χ0) is 19.1. The summed E-state index contributed by atoms with van der Waals surface area (Å²) in [5, 5.41) is 14.7. The van der Waals surface area contributed by atoms with Crippen LogP contribution in [0, 0.1) is 13.8 Å². The van der Waals surface area contributed by atoms with Crippen molar-refractivity contribution in [1.29, 1.82) is 0 Å². The van der Waals surface area contributed by atoms with Crippen LogP contribution in [0.4, 0.5) is 0 Å². The highest BCUT2D eigenvalue weighted by molar-refractivity contribution is 7.11. The van der Waals surface area contributed by atoms with Crippen LogP contribution in [-0.2, 0) is 16.0 Å². The van der Waals surface area contributed by atoms with E-state index < -0.39 is 12.1 Å². The van der Waals surface area contributed by atoms with Crippen LogP contribution >= 0.6 is 11.3 Å². The van der Waals surface area contributed by atoms with Crippen molar-refractivity contribution in [3.05, 3.63) is 45.4 Å². The summed E-state index contributed by atoms with van der Waals surface area (Å²) in [4.78, 5) is 16.4. The second-order valence-electron chi connectivity index (χ2n) is 6.22. The number of thiazole rings is 1. The van der Waals surface area contributed by atoms with Gasteiger partial charge in [0, 0.05) is 12.6 Å². The number of carbonyl (C=O) groups excluding carboxylic acids is 1. The molecule has 0 amide bonds. The van der Waals surface area contributed by atoms with E-state index in [-0.39, 0.29) is 12.6 Å². The molecule has 1 heterocycles. The van der Waals surface area contributed by atoms with Gasteiger partial charge in [-0.05, 0) is 44.9 Å². The molecule has 26 heavy (non-hydrogen) atoms. The lowest BCUT2D eigenvalue weighted by molar-refractivity contribution is -0.142. The van der Waals surface area contributed by atoms with Crippen LogP contribution < -0.4 is 10.1 Å². The average molecular weight is 378 g/mol. The number of aryl methyl sites for hydroxylation is 2. The molecule has 2 rings (SSSR count). The SMILES string of the molecule is COC(=O)COc1ccc(CC(C)NCC(O)c2sc(C)nc2C)cc1. The third-order valence-electron chi connectivity index (χ3n) is 3.95. The molecule has 2 aromatic rings. The molecule has 0 aliphatic heterocycles. The minimum Gasteiger partial charge on any atom is -0.482 e. The third kappa shape index (κ3) is 6.09. The molecule has 0 bridgehead atoms. The molecule has 0 radical (unpaired) electrons. The lowest BCUT2D eigenvalue weighted by Gasteiger charge is -2.17. The van der Waals surface area contributed by atoms with Gasteiger partial charge in [0.1, 0.15) is 11.9 Å². The van der Waals surface area contributed by atoms with Crippen LogP contribution in [0.5, 0.6) is 5.75 Å². The molecule has 0 aliphatic carbocycles. The maximum absolute atomic E-state index is 11.1. The minimum absolute atomic E-state index is 0.0951. The first-order valence-electron chi connectivity index (χ1n) is 8.53. The predicted molar refractivity (Wildman–Crippen MR) is 102 cm³/mol. The molecule has 0 saturated heterocycles. The molecule has 1 aromatic carbocycles. The van der Waals surface area contributed by atoms with Crippen molar-refractivity contribution in [1.82, 2.24) is 10.3 Å². The summed E-state index contributed by atoms with van der Waals surface area (Å²) in [5.41, 5.74) is 2.05. The molecular formula is C19H26N2O4S. The van der Waals surface area contributed by atoms with Crippen molar-refractivity contribution >= 4 is 17.3 Å². The van der Waals surface area contributed by atoms with Gasteiger partial charge in [-0.1, -0.05) is 12.1 Å². The summed E-state index contributed by atoms with van der Waals surface area (Å²) in [5.74, 6) is 0.225. The smallest absolute Gasteiger partial charge is 0.343 e. The van der Waals surface area contributed by atoms with Crippen molar-refractivity contribution in [2.75, 3.05) is 20.3 Å². The van der Waals surface area contributed by atoms with Crippen LogP contribution in [0.2, 0.25) is 0 Å². The zero-order valence-corrected chi connectivity index (χ0v) is 16.4. The van der Waals surface area contributed by atoms with Gasteiger partial charge in [-0.15, -0.1) is 11.3 Å². The van der Waals surface area contributed by atoms with Gasteiger partial charge in [0.25, 0.3) is 0 Å². The van der Waals surface area contributed by atoms with Gasteiger partial charge in [0.05, 0.1) is 22.7 Å². The van der Waals surface area contributed by atoms with Crippen molar-refractivity contribution in [2.24, 2.45) is 0 Å². The van der Waals surface area contributed by atoms with Crippen molar-refractivity contribution in [3.8, 4) is 5.75 Å². The molecule has 2 N–H and O–H groups in total. The number of ether oxygens (including phenoxy) is 2. The van der Waals surface area contributed by atoms with Gasteiger partial charge >= 0.3 is 5.97 Å². The van der Waals surface area contributed by atoms with Gasteiger partial charge in [0.2, 0.25) is 0 Å². The van der Waals surface area contributed by atoms with E-state index in [9.17, 15) is 9.90 Å². The Bertz CT molecular complexity index is 715. The van der Waals surface area contributed by atoms with E-state index in [0.29, 0.717) is 12.3 Å². The number of carbonyl (C=O) groups is 1. The molecule has 6 nitrogen and oxygen atoms in total. The predicted octanol–water partition coefficient (Wildman–Crippen LogP) is 2.57. The van der Waals surface area contributed by atoms with E-state index in [1.54, 1.807) is 0 Å². The highest BCUT2D eigenvalue weighted by atomic mass is 32.1. The lowest BCUT2D eigenvalue weighted by atomic mass is 10.1. The van der Waals surface area contributed by atoms with Gasteiger partial charge in [-0.25, -0.2) is 9.78 Å². The average Bonchev–Trinajstić information content (AvgIpc) is 2.97. The first kappa shape index (κ1) is 20.4. The molecule has 0 saturated carbocycles. The first-order chi connectivity index (χ1) is 12.4. The topological polar surface area (TPSA) is 80.7 Å². The summed E-state index contributed by atoms with van der Waals surface area (Å²) < 4.78 is 9.87. The van der Waals surface area contributed by atoms with Crippen LogP contribution in [0.25, 0.3) is 0 Å². The fourth-order valence-electron chi connectivity index (χ4n) is 2.61. The summed E-state index contributed by atoms with van der Waals surface area (Å²) in [6.07, 6.45) is 0.280. The van der Waals surface area contributed by atoms with Gasteiger partial charge in [-0.3, -0.25) is 0 Å². The molecular weight excluding hydrogens is 352 g/mol. The first-order valence-corrected chi connectivity index (χ1v) is 9.34. The van der Waals surface area contributed by atoms with Gasteiger partial charge < -0.3 is 19.9 Å². The van der Waals surface area contributed by atoms with Crippen LogP contribution in [-0.4, -0.2) is 42.4 Å². The number of esters is 1. The van der Waals surface area contributed by atoms with Crippen molar-refractivity contribution in [3.63, 3.8) is 0 Å². The summed E-state index contributed by atoms with van der Waals surface area (Å²) in [7, 11) is 1.33. The van der Waals surface area contributed by atoms with Crippen molar-refractivity contribution in [2.45, 2.75) is 39.3 Å². The number of aliphatic hydroxyl groups excluding tert-OH is 1. The highest BCUT2D eigenvalue weighted by Gasteiger charge is 2.15. The molecule has 2 unspecified atom stereocenters. The monoisotopic (exact) mass is 378 g/mol. The fraction of sp³-hybridized carbons (Fsp3) is 0.474. The third-order valence-corrected chi connectivity index (χ3v) is 5.13. The Kier molecular flexibility index (Phi) is 7.56. The number of methoxy groups -OCH3 is 1. The number of nitrogens with zero attached hydrogens (tertiary/aromatic N) is 1. The number of rotatable bonds is 9. The Hall–Kier alpha value is -1.96. The molecule has 142 valence electrons. The Morgan fingerprint density at radius 1 is 1.31 bits per heavy atom. The van der Waals surface area contributed by atoms with E-state index in [1.165, 1.54) is 18.4 Å². The van der Waals surface area contributed by atoms with E-state index in [2.05, 4.69) is 22.0 Å². The normalized spacial score (nSPS) is 13.3. The van der Waals surface area contributed by atoms with Crippen molar-refractivity contribution < 1.29 is 19.4 Å². The fourth-order valence-corrected chi connectivity index (χ4v) is 3.52. The second kappa shape index (κ2) is 9.66. The van der Waals surface area contributed by atoms with E-state index >= 15 is 0 Å². The summed E-state index contributed by atoms with van der Waals surface area (Å²) in [6.45, 7) is 6.35. The van der Waals surface area contributed by atoms with Crippen LogP contribution in [0.3, 0.4) is 0 Å². The standard InChI is InChI=1S/C19H26N2O4S/c1-12(20-10-17(22)19-13(2)21-14(3)26-19)9-15-5-7-16(8-6-15)25-11-18(23)24-4/h5-8,12,17,20,22H,9-11H2,1-4H3. The maximum Gasteiger partial charge on any atom is 0.343 e. The molecule has 7 heteroatoms. The van der Waals surface area contributed by atoms with Gasteiger partial charge in [-0.2, -0.15) is 0 Å². The van der Waals surface area contributed by atoms with Crippen LogP contribution in [0.15, 0.2) is 24.3 Å². The van der Waals surface area contributed by atoms with E-state index in [4.69, 9.17) is 4.74 Å². The molecule has 0 aliphatic rings. The number of aliphatic hydroxyl groups is 1. The largest absolute Gasteiger partial charge is 0.482 e. The number of benzene rings is 1. The van der Waals surface area contributed by atoms with Crippen LogP contribution in [0.1, 0.15) is 34.2 Å². The Morgan fingerprint density at radius 2 is 2.00 bits per heavy atom. The Labute approximate surface area is 158 Å². The Balaban J connectivity index is 1.79. The van der Waals surface area contributed by atoms with E-state index in [0.717, 1.165) is 27.6 Å².